The van der Waals surface area contributed by atoms with Gasteiger partial charge in [-0.25, -0.2) is 4.98 Å². The maximum atomic E-state index is 13.7. The van der Waals surface area contributed by atoms with E-state index in [-0.39, 0.29) is 34.7 Å². The van der Waals surface area contributed by atoms with Crippen LogP contribution in [0.3, 0.4) is 0 Å². The number of ether oxygens (including phenoxy) is 1. The molecule has 3 aromatic heterocycles. The minimum Gasteiger partial charge on any atom is -0.463 e. The molecule has 0 aliphatic rings. The molecule has 0 fully saturated rings. The largest absolute Gasteiger partial charge is 0.463 e. The molecule has 0 radical (unpaired) electrons. The summed E-state index contributed by atoms with van der Waals surface area (Å²) in [5, 5.41) is 0.524. The number of pyridine rings is 2. The summed E-state index contributed by atoms with van der Waals surface area (Å²) in [7, 11) is 1.81. The highest BCUT2D eigenvalue weighted by molar-refractivity contribution is 5.91. The fourth-order valence-electron chi connectivity index (χ4n) is 3.93. The first-order valence-corrected chi connectivity index (χ1v) is 12.5. The number of hydrogen-bond acceptors (Lipinski definition) is 7. The van der Waals surface area contributed by atoms with Crippen LogP contribution in [0.15, 0.2) is 54.7 Å². The van der Waals surface area contributed by atoms with Gasteiger partial charge in [-0.1, -0.05) is 26.0 Å². The van der Waals surface area contributed by atoms with Crippen LogP contribution in [0.1, 0.15) is 45.7 Å². The third kappa shape index (κ3) is 5.84. The number of rotatable bonds is 8. The van der Waals surface area contributed by atoms with E-state index in [0.29, 0.717) is 17.8 Å². The molecule has 39 heavy (non-hydrogen) atoms. The van der Waals surface area contributed by atoms with E-state index in [1.165, 1.54) is 18.3 Å². The minimum atomic E-state index is -4.59. The molecule has 0 bridgehead atoms. The summed E-state index contributed by atoms with van der Waals surface area (Å²) in [4.78, 5) is 31.3. The zero-order valence-electron chi connectivity index (χ0n) is 22.7. The molecule has 4 aromatic rings. The zero-order chi connectivity index (χ0) is 28.5. The molecule has 0 aliphatic heterocycles. The van der Waals surface area contributed by atoms with E-state index in [0.717, 1.165) is 17.3 Å². The number of alkyl halides is 3. The van der Waals surface area contributed by atoms with Gasteiger partial charge in [-0.05, 0) is 68.7 Å². The Bertz CT molecular complexity index is 1500. The number of hydrogen-bond donors (Lipinski definition) is 0. The Balaban J connectivity index is 1.82. The summed E-state index contributed by atoms with van der Waals surface area (Å²) in [6.45, 7) is 9.62. The van der Waals surface area contributed by atoms with Crippen LogP contribution in [-0.4, -0.2) is 39.4 Å². The normalized spacial score (nSPS) is 12.2. The van der Waals surface area contributed by atoms with Crippen molar-refractivity contribution in [1.29, 1.82) is 0 Å². The van der Waals surface area contributed by atoms with Gasteiger partial charge in [0.2, 0.25) is 0 Å². The molecular weight excluding hydrogens is 507 g/mol. The average molecular weight is 538 g/mol. The number of fused-ring (bicyclic) bond motifs is 1. The number of halogens is 3. The molecule has 0 atom stereocenters. The monoisotopic (exact) mass is 537 g/mol. The van der Waals surface area contributed by atoms with Crippen molar-refractivity contribution in [3.8, 4) is 17.4 Å². The molecule has 7 nitrogen and oxygen atoms in total. The number of anilines is 2. The third-order valence-corrected chi connectivity index (χ3v) is 6.59. The molecule has 3 heterocycles. The Morgan fingerprint density at radius 2 is 1.69 bits per heavy atom. The van der Waals surface area contributed by atoms with Crippen LogP contribution < -0.4 is 9.64 Å². The van der Waals surface area contributed by atoms with Crippen molar-refractivity contribution in [2.24, 2.45) is 5.92 Å². The quantitative estimate of drug-likeness (QED) is 0.245. The summed E-state index contributed by atoms with van der Waals surface area (Å²) >= 11 is 0. The first kappa shape index (κ1) is 27.9. The number of ketones is 1. The summed E-state index contributed by atoms with van der Waals surface area (Å²) in [6.07, 6.45) is -3.30. The first-order valence-electron chi connectivity index (χ1n) is 12.5. The molecule has 0 unspecified atom stereocenters. The van der Waals surface area contributed by atoms with Crippen molar-refractivity contribution >= 4 is 28.3 Å². The van der Waals surface area contributed by atoms with E-state index in [1.807, 2.05) is 63.9 Å². The van der Waals surface area contributed by atoms with Crippen LogP contribution in [0.4, 0.5) is 24.7 Å². The molecule has 0 spiro atoms. The van der Waals surface area contributed by atoms with Crippen molar-refractivity contribution in [2.45, 2.75) is 46.2 Å². The molecule has 4 rings (SSSR count). The van der Waals surface area contributed by atoms with Crippen LogP contribution in [0, 0.1) is 5.92 Å². The van der Waals surface area contributed by atoms with Gasteiger partial charge in [0.05, 0.1) is 23.3 Å². The van der Waals surface area contributed by atoms with Gasteiger partial charge >= 0.3 is 12.2 Å². The lowest BCUT2D eigenvalue weighted by atomic mass is 9.81. The second-order valence-corrected chi connectivity index (χ2v) is 10.3. The second kappa shape index (κ2) is 10.6. The third-order valence-electron chi connectivity index (χ3n) is 6.59. The molecule has 10 heteroatoms. The fraction of sp³-hybridized carbons (Fsp3) is 0.345. The highest BCUT2D eigenvalue weighted by Crippen LogP contribution is 2.37. The lowest BCUT2D eigenvalue weighted by molar-refractivity contribution is -0.137. The Labute approximate surface area is 225 Å². The summed E-state index contributed by atoms with van der Waals surface area (Å²) < 4.78 is 46.8. The van der Waals surface area contributed by atoms with Gasteiger partial charge in [0.15, 0.2) is 5.65 Å². The van der Waals surface area contributed by atoms with Crippen molar-refractivity contribution in [3.05, 3.63) is 65.9 Å². The van der Waals surface area contributed by atoms with Crippen molar-refractivity contribution in [3.63, 3.8) is 0 Å². The summed E-state index contributed by atoms with van der Waals surface area (Å²) in [5.41, 5.74) is 0.0766. The van der Waals surface area contributed by atoms with Crippen LogP contribution >= 0.6 is 0 Å². The number of carbonyl (C=O) groups is 1. The lowest BCUT2D eigenvalue weighted by Crippen LogP contribution is -2.26. The molecular formula is C29H30F3N5O2. The molecule has 0 N–H and O–H groups in total. The van der Waals surface area contributed by atoms with E-state index < -0.39 is 17.2 Å². The molecule has 0 saturated heterocycles. The van der Waals surface area contributed by atoms with E-state index in [2.05, 4.69) is 19.9 Å². The number of aromatic nitrogens is 4. The number of benzene rings is 1. The first-order chi connectivity index (χ1) is 18.3. The Kier molecular flexibility index (Phi) is 7.59. The van der Waals surface area contributed by atoms with E-state index >= 15 is 0 Å². The van der Waals surface area contributed by atoms with Gasteiger partial charge in [-0.15, -0.1) is 0 Å². The molecule has 0 amide bonds. The van der Waals surface area contributed by atoms with E-state index in [1.54, 1.807) is 13.0 Å². The maximum Gasteiger partial charge on any atom is 0.418 e. The minimum absolute atomic E-state index is 0.0355. The molecule has 0 saturated carbocycles. The number of Topliss-reactive ketones (excluding diaryl/α,β-unsaturated/α-hetero) is 1. The van der Waals surface area contributed by atoms with E-state index in [9.17, 15) is 18.0 Å². The Morgan fingerprint density at radius 1 is 1.00 bits per heavy atom. The predicted octanol–water partition coefficient (Wildman–Crippen LogP) is 6.77. The fourth-order valence-corrected chi connectivity index (χ4v) is 3.93. The standard InChI is InChI=1S/C29H30F3N5O2/c1-17(2)16-39-27-35-25-21(13-14-23(34-25)24-22(29(30,31)32)8-7-15-33-24)26(36-27)37(6)20-11-9-19(10-12-20)28(4,5)18(3)38/h7-15,17H,16H2,1-6H3. The molecule has 204 valence electrons. The smallest absolute Gasteiger partial charge is 0.418 e. The van der Waals surface area contributed by atoms with Crippen LogP contribution in [0.25, 0.3) is 22.4 Å². The molecule has 1 aromatic carbocycles. The van der Waals surface area contributed by atoms with Crippen LogP contribution in [0.5, 0.6) is 6.01 Å². The average Bonchev–Trinajstić information content (AvgIpc) is 2.90. The van der Waals surface area contributed by atoms with Crippen molar-refractivity contribution in [2.75, 3.05) is 18.6 Å². The maximum absolute atomic E-state index is 13.7. The van der Waals surface area contributed by atoms with Gasteiger partial charge in [-0.3, -0.25) is 9.78 Å². The Hall–Kier alpha value is -4.08. The summed E-state index contributed by atoms with van der Waals surface area (Å²) in [6, 6.07) is 12.9. The zero-order valence-corrected chi connectivity index (χ0v) is 22.7. The highest BCUT2D eigenvalue weighted by atomic mass is 19.4. The topological polar surface area (TPSA) is 81.1 Å². The summed E-state index contributed by atoms with van der Waals surface area (Å²) in [5.74, 6) is 0.721. The van der Waals surface area contributed by atoms with Crippen LogP contribution in [0.2, 0.25) is 0 Å². The van der Waals surface area contributed by atoms with Gasteiger partial charge in [-0.2, -0.15) is 23.1 Å². The van der Waals surface area contributed by atoms with Gasteiger partial charge < -0.3 is 9.64 Å². The highest BCUT2D eigenvalue weighted by Gasteiger charge is 2.35. The number of nitrogens with zero attached hydrogens (tertiary/aromatic N) is 5. The lowest BCUT2D eigenvalue weighted by Gasteiger charge is -2.24. The molecule has 0 aliphatic carbocycles. The predicted molar refractivity (Wildman–Crippen MR) is 144 cm³/mol. The van der Waals surface area contributed by atoms with Gasteiger partial charge in [0.25, 0.3) is 0 Å². The number of carbonyl (C=O) groups excluding carboxylic acids is 1. The van der Waals surface area contributed by atoms with Crippen molar-refractivity contribution < 1.29 is 22.7 Å². The van der Waals surface area contributed by atoms with Crippen molar-refractivity contribution in [1.82, 2.24) is 19.9 Å². The van der Waals surface area contributed by atoms with Gasteiger partial charge in [0.1, 0.15) is 17.3 Å². The Morgan fingerprint density at radius 3 is 2.31 bits per heavy atom. The SMILES string of the molecule is CC(=O)C(C)(C)c1ccc(N(C)c2nc(OCC(C)C)nc3nc(-c4ncccc4C(F)(F)F)ccc23)cc1. The second-order valence-electron chi connectivity index (χ2n) is 10.3. The van der Waals surface area contributed by atoms with Crippen LogP contribution in [-0.2, 0) is 16.4 Å². The van der Waals surface area contributed by atoms with E-state index in [4.69, 9.17) is 4.74 Å². The van der Waals surface area contributed by atoms with Gasteiger partial charge in [0, 0.05) is 24.3 Å².